The van der Waals surface area contributed by atoms with Gasteiger partial charge in [0, 0.05) is 6.54 Å². The zero-order valence-corrected chi connectivity index (χ0v) is 9.56. The maximum absolute atomic E-state index is 12.7. The van der Waals surface area contributed by atoms with Gasteiger partial charge in [-0.05, 0) is 30.5 Å². The molecule has 0 saturated carbocycles. The van der Waals surface area contributed by atoms with Crippen LogP contribution in [0.15, 0.2) is 18.2 Å². The fraction of sp³-hybridized carbons (Fsp3) is 0.500. The Kier molecular flexibility index (Phi) is 4.38. The van der Waals surface area contributed by atoms with E-state index in [1.165, 1.54) is 5.56 Å². The summed E-state index contributed by atoms with van der Waals surface area (Å²) in [5, 5.41) is 11.0. The average Bonchev–Trinajstić information content (AvgIpc) is 2.23. The Morgan fingerprint density at radius 2 is 1.94 bits per heavy atom. The Hall–Kier alpha value is -1.00. The van der Waals surface area contributed by atoms with Crippen LogP contribution in [0.1, 0.15) is 16.7 Å². The Bertz CT molecular complexity index is 353. The number of halogens is 2. The van der Waals surface area contributed by atoms with Gasteiger partial charge in [-0.2, -0.15) is 0 Å². The van der Waals surface area contributed by atoms with Crippen LogP contribution in [0, 0.1) is 13.8 Å². The largest absolute Gasteiger partial charge is 0.390 e. The summed E-state index contributed by atoms with van der Waals surface area (Å²) in [5.41, 5.74) is 3.30. The van der Waals surface area contributed by atoms with Gasteiger partial charge in [0.25, 0.3) is 5.92 Å². The van der Waals surface area contributed by atoms with Gasteiger partial charge in [-0.1, -0.05) is 18.2 Å². The van der Waals surface area contributed by atoms with Crippen LogP contribution in [-0.4, -0.2) is 24.2 Å². The molecule has 0 spiro atoms. The lowest BCUT2D eigenvalue weighted by Crippen LogP contribution is -2.35. The van der Waals surface area contributed by atoms with E-state index in [-0.39, 0.29) is 0 Å². The fourth-order valence-electron chi connectivity index (χ4n) is 1.36. The van der Waals surface area contributed by atoms with Gasteiger partial charge in [-0.15, -0.1) is 0 Å². The molecule has 0 amide bonds. The third-order valence-corrected chi connectivity index (χ3v) is 2.52. The average molecular weight is 229 g/mol. The number of hydrogen-bond donors (Lipinski definition) is 2. The van der Waals surface area contributed by atoms with Gasteiger partial charge in [0.2, 0.25) is 0 Å². The molecule has 90 valence electrons. The summed E-state index contributed by atoms with van der Waals surface area (Å²) in [4.78, 5) is 0. The first-order chi connectivity index (χ1) is 7.44. The van der Waals surface area contributed by atoms with Crippen molar-refractivity contribution in [2.24, 2.45) is 0 Å². The third-order valence-electron chi connectivity index (χ3n) is 2.52. The Balaban J connectivity index is 2.46. The molecular weight excluding hydrogens is 212 g/mol. The monoisotopic (exact) mass is 229 g/mol. The molecule has 4 heteroatoms. The van der Waals surface area contributed by atoms with E-state index in [9.17, 15) is 8.78 Å². The highest BCUT2D eigenvalue weighted by Gasteiger charge is 2.26. The lowest BCUT2D eigenvalue weighted by molar-refractivity contribution is -0.0477. The van der Waals surface area contributed by atoms with E-state index in [4.69, 9.17) is 5.11 Å². The number of aliphatic hydroxyl groups excluding tert-OH is 1. The molecule has 0 saturated heterocycles. The van der Waals surface area contributed by atoms with Crippen molar-refractivity contribution in [2.75, 3.05) is 13.2 Å². The Labute approximate surface area is 94.3 Å². The molecule has 0 atom stereocenters. The van der Waals surface area contributed by atoms with Gasteiger partial charge in [0.05, 0.1) is 6.54 Å². The van der Waals surface area contributed by atoms with E-state index in [2.05, 4.69) is 5.32 Å². The number of rotatable bonds is 5. The highest BCUT2D eigenvalue weighted by Crippen LogP contribution is 2.12. The number of benzene rings is 1. The van der Waals surface area contributed by atoms with Crippen LogP contribution in [0.2, 0.25) is 0 Å². The maximum atomic E-state index is 12.7. The van der Waals surface area contributed by atoms with Crippen molar-refractivity contribution in [1.82, 2.24) is 5.32 Å². The quantitative estimate of drug-likeness (QED) is 0.809. The topological polar surface area (TPSA) is 32.3 Å². The molecular formula is C12H17F2NO. The van der Waals surface area contributed by atoms with E-state index in [0.29, 0.717) is 6.54 Å². The summed E-state index contributed by atoms with van der Waals surface area (Å²) in [7, 11) is 0. The van der Waals surface area contributed by atoms with Crippen molar-refractivity contribution in [3.63, 3.8) is 0 Å². The zero-order chi connectivity index (χ0) is 12.2. The summed E-state index contributed by atoms with van der Waals surface area (Å²) >= 11 is 0. The van der Waals surface area contributed by atoms with Crippen molar-refractivity contribution in [3.05, 3.63) is 34.9 Å². The molecule has 0 aliphatic heterocycles. The van der Waals surface area contributed by atoms with Gasteiger partial charge in [0.1, 0.15) is 6.61 Å². The van der Waals surface area contributed by atoms with Gasteiger partial charge in [-0.3, -0.25) is 0 Å². The minimum Gasteiger partial charge on any atom is -0.390 e. The zero-order valence-electron chi connectivity index (χ0n) is 9.56. The molecule has 1 aromatic carbocycles. The van der Waals surface area contributed by atoms with Crippen LogP contribution >= 0.6 is 0 Å². The van der Waals surface area contributed by atoms with Crippen molar-refractivity contribution < 1.29 is 13.9 Å². The molecule has 0 unspecified atom stereocenters. The van der Waals surface area contributed by atoms with Crippen LogP contribution in [0.25, 0.3) is 0 Å². The van der Waals surface area contributed by atoms with Gasteiger partial charge in [0.15, 0.2) is 0 Å². The SMILES string of the molecule is Cc1ccc(CNCC(F)(F)CO)cc1C. The van der Waals surface area contributed by atoms with Gasteiger partial charge in [-0.25, -0.2) is 8.78 Å². The van der Waals surface area contributed by atoms with E-state index < -0.39 is 19.1 Å². The normalized spacial score (nSPS) is 11.8. The van der Waals surface area contributed by atoms with Gasteiger partial charge >= 0.3 is 0 Å². The summed E-state index contributed by atoms with van der Waals surface area (Å²) in [6.07, 6.45) is 0. The highest BCUT2D eigenvalue weighted by molar-refractivity contribution is 5.29. The number of alkyl halides is 2. The number of aliphatic hydroxyl groups is 1. The molecule has 0 aliphatic carbocycles. The summed E-state index contributed by atoms with van der Waals surface area (Å²) in [6.45, 7) is 2.76. The van der Waals surface area contributed by atoms with Crippen molar-refractivity contribution in [2.45, 2.75) is 26.3 Å². The lowest BCUT2D eigenvalue weighted by atomic mass is 10.1. The predicted octanol–water partition coefficient (Wildman–Crippen LogP) is 2.02. The standard InChI is InChI=1S/C12H17F2NO/c1-9-3-4-11(5-10(9)2)6-15-7-12(13,14)8-16/h3-5,15-16H,6-8H2,1-2H3. The van der Waals surface area contributed by atoms with Crippen LogP contribution in [-0.2, 0) is 6.54 Å². The van der Waals surface area contributed by atoms with Gasteiger partial charge < -0.3 is 10.4 Å². The van der Waals surface area contributed by atoms with Crippen LogP contribution in [0.5, 0.6) is 0 Å². The number of aryl methyl sites for hydroxylation is 2. The van der Waals surface area contributed by atoms with Crippen LogP contribution in [0.4, 0.5) is 8.78 Å². The molecule has 0 fully saturated rings. The molecule has 0 heterocycles. The first-order valence-electron chi connectivity index (χ1n) is 5.20. The number of nitrogens with one attached hydrogen (secondary N) is 1. The molecule has 16 heavy (non-hydrogen) atoms. The van der Waals surface area contributed by atoms with Crippen molar-refractivity contribution in [3.8, 4) is 0 Å². The molecule has 1 rings (SSSR count). The van der Waals surface area contributed by atoms with Crippen LogP contribution in [0.3, 0.4) is 0 Å². The second-order valence-electron chi connectivity index (χ2n) is 4.04. The molecule has 0 aliphatic rings. The molecule has 2 N–H and O–H groups in total. The van der Waals surface area contributed by atoms with E-state index in [1.807, 2.05) is 32.0 Å². The molecule has 0 radical (unpaired) electrons. The van der Waals surface area contributed by atoms with E-state index in [0.717, 1.165) is 11.1 Å². The van der Waals surface area contributed by atoms with E-state index >= 15 is 0 Å². The highest BCUT2D eigenvalue weighted by atomic mass is 19.3. The summed E-state index contributed by atoms with van der Waals surface area (Å²) in [5.74, 6) is -3.04. The van der Waals surface area contributed by atoms with Crippen molar-refractivity contribution in [1.29, 1.82) is 0 Å². The number of hydrogen-bond acceptors (Lipinski definition) is 2. The smallest absolute Gasteiger partial charge is 0.282 e. The minimum atomic E-state index is -3.04. The fourth-order valence-corrected chi connectivity index (χ4v) is 1.36. The summed E-state index contributed by atoms with van der Waals surface area (Å²) in [6, 6.07) is 5.85. The second-order valence-corrected chi connectivity index (χ2v) is 4.04. The Morgan fingerprint density at radius 1 is 1.25 bits per heavy atom. The second kappa shape index (κ2) is 5.37. The lowest BCUT2D eigenvalue weighted by Gasteiger charge is -2.14. The molecule has 0 aromatic heterocycles. The first kappa shape index (κ1) is 13.1. The van der Waals surface area contributed by atoms with E-state index in [1.54, 1.807) is 0 Å². The van der Waals surface area contributed by atoms with Crippen LogP contribution < -0.4 is 5.32 Å². The molecule has 2 nitrogen and oxygen atoms in total. The predicted molar refractivity (Wildman–Crippen MR) is 59.7 cm³/mol. The minimum absolute atomic E-state index is 0.386. The van der Waals surface area contributed by atoms with Crippen molar-refractivity contribution >= 4 is 0 Å². The summed E-state index contributed by atoms with van der Waals surface area (Å²) < 4.78 is 25.4. The maximum Gasteiger partial charge on any atom is 0.282 e. The third kappa shape index (κ3) is 3.87. The molecule has 0 bridgehead atoms. The first-order valence-corrected chi connectivity index (χ1v) is 5.20. The Morgan fingerprint density at radius 3 is 2.50 bits per heavy atom. The molecule has 1 aromatic rings.